The number of methoxy groups -OCH3 is 1. The number of rotatable bonds is 9. The summed E-state index contributed by atoms with van der Waals surface area (Å²) in [5.41, 5.74) is 0. The number of hydrogen-bond acceptors (Lipinski definition) is 4. The van der Waals surface area contributed by atoms with E-state index in [-0.39, 0.29) is 11.9 Å². The molecule has 0 aliphatic rings. The lowest BCUT2D eigenvalue weighted by Gasteiger charge is -2.21. The zero-order valence-corrected chi connectivity index (χ0v) is 17.1. The van der Waals surface area contributed by atoms with Crippen LogP contribution >= 0.6 is 0 Å². The lowest BCUT2D eigenvalue weighted by atomic mass is 10.1. The minimum absolute atomic E-state index is 0.147. The van der Waals surface area contributed by atoms with E-state index < -0.39 is 6.10 Å². The van der Waals surface area contributed by atoms with E-state index in [1.807, 2.05) is 80.6 Å². The van der Waals surface area contributed by atoms with Gasteiger partial charge in [0.25, 0.3) is 5.91 Å². The van der Waals surface area contributed by atoms with Gasteiger partial charge in [0.05, 0.1) is 13.2 Å². The Morgan fingerprint density at radius 3 is 2.28 bits per heavy atom. The summed E-state index contributed by atoms with van der Waals surface area (Å²) < 4.78 is 16.8. The number of ether oxygens (including phenoxy) is 3. The van der Waals surface area contributed by atoms with Crippen molar-refractivity contribution in [2.75, 3.05) is 13.7 Å². The monoisotopic (exact) mass is 393 g/mol. The minimum atomic E-state index is -0.556. The number of nitrogens with one attached hydrogen (secondary N) is 1. The van der Waals surface area contributed by atoms with Gasteiger partial charge in [0, 0.05) is 0 Å². The molecule has 3 aromatic carbocycles. The molecule has 0 unspecified atom stereocenters. The minimum Gasteiger partial charge on any atom is -0.497 e. The molecule has 3 rings (SSSR count). The third-order valence-corrected chi connectivity index (χ3v) is 4.61. The van der Waals surface area contributed by atoms with Gasteiger partial charge in [-0.05, 0) is 60.5 Å². The molecule has 0 spiro atoms. The molecule has 5 nitrogen and oxygen atoms in total. The SMILES string of the molecule is CC[C@@H](Oc1ccc2ccccc2c1)C(=O)N[C@H](C)COc1ccc(OC)cc1. The number of fused-ring (bicyclic) bond motifs is 1. The van der Waals surface area contributed by atoms with Crippen LogP contribution in [0.5, 0.6) is 17.2 Å². The maximum Gasteiger partial charge on any atom is 0.261 e. The van der Waals surface area contributed by atoms with E-state index in [9.17, 15) is 4.79 Å². The second kappa shape index (κ2) is 9.82. The van der Waals surface area contributed by atoms with Crippen molar-refractivity contribution in [1.82, 2.24) is 5.32 Å². The maximum absolute atomic E-state index is 12.6. The molecule has 29 heavy (non-hydrogen) atoms. The Labute approximate surface area is 171 Å². The van der Waals surface area contributed by atoms with Gasteiger partial charge in [0.1, 0.15) is 23.9 Å². The maximum atomic E-state index is 12.6. The average Bonchev–Trinajstić information content (AvgIpc) is 2.76. The van der Waals surface area contributed by atoms with E-state index in [0.717, 1.165) is 22.3 Å². The van der Waals surface area contributed by atoms with E-state index in [4.69, 9.17) is 14.2 Å². The van der Waals surface area contributed by atoms with Gasteiger partial charge in [0.2, 0.25) is 0 Å². The van der Waals surface area contributed by atoms with Crippen LogP contribution in [-0.2, 0) is 4.79 Å². The first-order valence-corrected chi connectivity index (χ1v) is 9.81. The third kappa shape index (κ3) is 5.64. The summed E-state index contributed by atoms with van der Waals surface area (Å²) >= 11 is 0. The fourth-order valence-electron chi connectivity index (χ4n) is 3.00. The van der Waals surface area contributed by atoms with Crippen LogP contribution < -0.4 is 19.5 Å². The number of carbonyl (C=O) groups is 1. The van der Waals surface area contributed by atoms with Crippen molar-refractivity contribution in [2.24, 2.45) is 0 Å². The van der Waals surface area contributed by atoms with Crippen LogP contribution in [-0.4, -0.2) is 31.8 Å². The van der Waals surface area contributed by atoms with Crippen molar-refractivity contribution < 1.29 is 19.0 Å². The number of carbonyl (C=O) groups excluding carboxylic acids is 1. The van der Waals surface area contributed by atoms with Crippen LogP contribution in [0.1, 0.15) is 20.3 Å². The van der Waals surface area contributed by atoms with Gasteiger partial charge in [-0.2, -0.15) is 0 Å². The number of hydrogen-bond donors (Lipinski definition) is 1. The zero-order valence-electron chi connectivity index (χ0n) is 17.1. The quantitative estimate of drug-likeness (QED) is 0.578. The predicted octanol–water partition coefficient (Wildman–Crippen LogP) is 4.59. The van der Waals surface area contributed by atoms with Crippen molar-refractivity contribution in [3.05, 3.63) is 66.7 Å². The third-order valence-electron chi connectivity index (χ3n) is 4.61. The number of amides is 1. The molecular formula is C24H27NO4. The average molecular weight is 393 g/mol. The summed E-state index contributed by atoms with van der Waals surface area (Å²) in [5, 5.41) is 5.19. The standard InChI is InChI=1S/C24H27NO4/c1-4-23(29-22-10-9-18-7-5-6-8-19(18)15-22)24(26)25-17(2)16-28-21-13-11-20(27-3)12-14-21/h5-15,17,23H,4,16H2,1-3H3,(H,25,26)/t17-,23-/m1/s1. The lowest BCUT2D eigenvalue weighted by Crippen LogP contribution is -2.44. The summed E-state index contributed by atoms with van der Waals surface area (Å²) in [6.45, 7) is 4.21. The van der Waals surface area contributed by atoms with E-state index in [1.165, 1.54) is 0 Å². The highest BCUT2D eigenvalue weighted by atomic mass is 16.5. The summed E-state index contributed by atoms with van der Waals surface area (Å²) in [5.74, 6) is 2.04. The Kier molecular flexibility index (Phi) is 6.95. The normalized spacial score (nSPS) is 12.8. The van der Waals surface area contributed by atoms with Gasteiger partial charge in [-0.15, -0.1) is 0 Å². The molecule has 0 aromatic heterocycles. The van der Waals surface area contributed by atoms with Crippen LogP contribution in [0.15, 0.2) is 66.7 Å². The summed E-state index contributed by atoms with van der Waals surface area (Å²) in [7, 11) is 1.62. The molecule has 0 fully saturated rings. The highest BCUT2D eigenvalue weighted by molar-refractivity contribution is 5.84. The zero-order chi connectivity index (χ0) is 20.6. The highest BCUT2D eigenvalue weighted by Gasteiger charge is 2.20. The fraction of sp³-hybridized carbons (Fsp3) is 0.292. The Morgan fingerprint density at radius 1 is 0.931 bits per heavy atom. The Morgan fingerprint density at radius 2 is 1.59 bits per heavy atom. The van der Waals surface area contributed by atoms with Crippen LogP contribution in [0.2, 0.25) is 0 Å². The molecule has 1 N–H and O–H groups in total. The molecule has 3 aromatic rings. The van der Waals surface area contributed by atoms with Gasteiger partial charge < -0.3 is 19.5 Å². The van der Waals surface area contributed by atoms with Crippen molar-refractivity contribution in [1.29, 1.82) is 0 Å². The summed E-state index contributed by atoms with van der Waals surface area (Å²) in [6, 6.07) is 21.1. The molecule has 0 aliphatic carbocycles. The van der Waals surface area contributed by atoms with E-state index in [1.54, 1.807) is 7.11 Å². The largest absolute Gasteiger partial charge is 0.497 e. The Balaban J connectivity index is 1.53. The lowest BCUT2D eigenvalue weighted by molar-refractivity contribution is -0.128. The predicted molar refractivity (Wildman–Crippen MR) is 115 cm³/mol. The van der Waals surface area contributed by atoms with Gasteiger partial charge in [-0.1, -0.05) is 37.3 Å². The number of benzene rings is 3. The molecule has 0 aliphatic heterocycles. The van der Waals surface area contributed by atoms with Crippen LogP contribution in [0, 0.1) is 0 Å². The topological polar surface area (TPSA) is 56.8 Å². The molecule has 0 radical (unpaired) electrons. The van der Waals surface area contributed by atoms with Crippen molar-refractivity contribution in [2.45, 2.75) is 32.4 Å². The molecule has 0 saturated carbocycles. The molecule has 2 atom stereocenters. The second-order valence-corrected chi connectivity index (χ2v) is 6.92. The van der Waals surface area contributed by atoms with E-state index in [0.29, 0.717) is 18.8 Å². The van der Waals surface area contributed by atoms with Gasteiger partial charge in [-0.25, -0.2) is 0 Å². The van der Waals surface area contributed by atoms with Gasteiger partial charge in [0.15, 0.2) is 6.10 Å². The Hall–Kier alpha value is -3.21. The smallest absolute Gasteiger partial charge is 0.261 e. The van der Waals surface area contributed by atoms with E-state index in [2.05, 4.69) is 5.32 Å². The summed E-state index contributed by atoms with van der Waals surface area (Å²) in [4.78, 5) is 12.6. The molecule has 0 bridgehead atoms. The second-order valence-electron chi connectivity index (χ2n) is 6.92. The van der Waals surface area contributed by atoms with Crippen molar-refractivity contribution >= 4 is 16.7 Å². The molecule has 0 saturated heterocycles. The highest BCUT2D eigenvalue weighted by Crippen LogP contribution is 2.22. The molecule has 152 valence electrons. The van der Waals surface area contributed by atoms with Crippen LogP contribution in [0.4, 0.5) is 0 Å². The molecule has 1 amide bonds. The van der Waals surface area contributed by atoms with Crippen LogP contribution in [0.3, 0.4) is 0 Å². The van der Waals surface area contributed by atoms with Gasteiger partial charge >= 0.3 is 0 Å². The molecule has 5 heteroatoms. The van der Waals surface area contributed by atoms with Crippen molar-refractivity contribution in [3.63, 3.8) is 0 Å². The van der Waals surface area contributed by atoms with Crippen LogP contribution in [0.25, 0.3) is 10.8 Å². The first kappa shape index (κ1) is 20.5. The Bertz CT molecular complexity index is 939. The molecule has 0 heterocycles. The fourth-order valence-corrected chi connectivity index (χ4v) is 3.00. The first-order chi connectivity index (χ1) is 14.1. The van der Waals surface area contributed by atoms with Crippen molar-refractivity contribution in [3.8, 4) is 17.2 Å². The van der Waals surface area contributed by atoms with E-state index >= 15 is 0 Å². The van der Waals surface area contributed by atoms with Gasteiger partial charge in [-0.3, -0.25) is 4.79 Å². The first-order valence-electron chi connectivity index (χ1n) is 9.81. The molecular weight excluding hydrogens is 366 g/mol. The summed E-state index contributed by atoms with van der Waals surface area (Å²) in [6.07, 6.45) is 0.0182.